The third-order valence-corrected chi connectivity index (χ3v) is 2.44. The largest absolute Gasteiger partial charge is 0.450 e. The van der Waals surface area contributed by atoms with Crippen LogP contribution in [0.5, 0.6) is 0 Å². The molecule has 0 aliphatic heterocycles. The van der Waals surface area contributed by atoms with Gasteiger partial charge in [0.15, 0.2) is 6.61 Å². The Morgan fingerprint density at radius 1 is 1.67 bits per heavy atom. The van der Waals surface area contributed by atoms with Crippen molar-refractivity contribution < 1.29 is 9.53 Å². The molecule has 3 nitrogen and oxygen atoms in total. The molecule has 1 fully saturated rings. The fourth-order valence-corrected chi connectivity index (χ4v) is 1.71. The van der Waals surface area contributed by atoms with E-state index >= 15 is 0 Å². The van der Waals surface area contributed by atoms with Gasteiger partial charge in [-0.1, -0.05) is 13.3 Å². The van der Waals surface area contributed by atoms with Crippen molar-refractivity contribution in [2.75, 3.05) is 6.61 Å². The summed E-state index contributed by atoms with van der Waals surface area (Å²) >= 11 is 0. The molecule has 0 saturated heterocycles. The number of esters is 1. The van der Waals surface area contributed by atoms with Crippen LogP contribution in [0.25, 0.3) is 0 Å². The predicted octanol–water partition coefficient (Wildman–Crippen LogP) is 1.49. The molecule has 3 heteroatoms. The summed E-state index contributed by atoms with van der Waals surface area (Å²) in [5.41, 5.74) is 0. The molecule has 1 aliphatic rings. The lowest BCUT2D eigenvalue weighted by Crippen LogP contribution is -2.19. The number of hydrogen-bond donors (Lipinski definition) is 0. The number of carbonyl (C=O) groups excluding carboxylic acids is 1. The van der Waals surface area contributed by atoms with Gasteiger partial charge in [-0.15, -0.1) is 0 Å². The first-order valence-corrected chi connectivity index (χ1v) is 4.29. The van der Waals surface area contributed by atoms with E-state index in [2.05, 4.69) is 6.92 Å². The molecule has 0 spiro atoms. The Bertz CT molecular complexity index is 207. The summed E-state index contributed by atoms with van der Waals surface area (Å²) in [6.45, 7) is 1.95. The minimum atomic E-state index is -0.193. The number of hydrogen-bond acceptors (Lipinski definition) is 3. The first-order chi connectivity index (χ1) is 5.75. The van der Waals surface area contributed by atoms with Crippen LogP contribution in [0.2, 0.25) is 0 Å². The van der Waals surface area contributed by atoms with Gasteiger partial charge in [-0.25, -0.2) is 0 Å². The summed E-state index contributed by atoms with van der Waals surface area (Å²) in [6, 6.07) is 1.79. The molecule has 0 heterocycles. The molecule has 1 aliphatic carbocycles. The maximum Gasteiger partial charge on any atom is 0.310 e. The van der Waals surface area contributed by atoms with Crippen molar-refractivity contribution in [2.45, 2.75) is 26.2 Å². The molecule has 0 aromatic rings. The van der Waals surface area contributed by atoms with Gasteiger partial charge >= 0.3 is 5.97 Å². The minimum absolute atomic E-state index is 0.0401. The fraction of sp³-hybridized carbons (Fsp3) is 0.778. The highest BCUT2D eigenvalue weighted by molar-refractivity contribution is 5.73. The van der Waals surface area contributed by atoms with Crippen molar-refractivity contribution in [1.29, 1.82) is 5.26 Å². The van der Waals surface area contributed by atoms with Gasteiger partial charge in [0.2, 0.25) is 0 Å². The predicted molar refractivity (Wildman–Crippen MR) is 43.1 cm³/mol. The van der Waals surface area contributed by atoms with Crippen LogP contribution >= 0.6 is 0 Å². The van der Waals surface area contributed by atoms with Crippen molar-refractivity contribution in [2.24, 2.45) is 11.8 Å². The summed E-state index contributed by atoms with van der Waals surface area (Å²) in [5, 5.41) is 8.20. The van der Waals surface area contributed by atoms with Crippen molar-refractivity contribution in [3.05, 3.63) is 0 Å². The number of nitrogens with zero attached hydrogens (tertiary/aromatic N) is 1. The van der Waals surface area contributed by atoms with Gasteiger partial charge in [-0.2, -0.15) is 5.26 Å². The Hall–Kier alpha value is -1.04. The lowest BCUT2D eigenvalue weighted by Gasteiger charge is -2.12. The zero-order chi connectivity index (χ0) is 8.97. The lowest BCUT2D eigenvalue weighted by atomic mass is 9.99. The van der Waals surface area contributed by atoms with E-state index in [-0.39, 0.29) is 18.5 Å². The summed E-state index contributed by atoms with van der Waals surface area (Å²) < 4.78 is 4.75. The molecule has 2 unspecified atom stereocenters. The molecule has 0 aromatic carbocycles. The average molecular weight is 167 g/mol. The third kappa shape index (κ3) is 1.97. The Morgan fingerprint density at radius 2 is 2.42 bits per heavy atom. The highest BCUT2D eigenvalue weighted by atomic mass is 16.5. The van der Waals surface area contributed by atoms with Crippen LogP contribution in [0.15, 0.2) is 0 Å². The quantitative estimate of drug-likeness (QED) is 0.585. The molecular formula is C9H13NO2. The molecule has 0 radical (unpaired) electrons. The average Bonchev–Trinajstić information content (AvgIpc) is 2.47. The van der Waals surface area contributed by atoms with E-state index in [4.69, 9.17) is 10.00 Å². The van der Waals surface area contributed by atoms with E-state index in [1.54, 1.807) is 6.07 Å². The smallest absolute Gasteiger partial charge is 0.310 e. The van der Waals surface area contributed by atoms with E-state index in [1.807, 2.05) is 0 Å². The Kier molecular flexibility index (Phi) is 3.09. The van der Waals surface area contributed by atoms with E-state index < -0.39 is 0 Å². The van der Waals surface area contributed by atoms with Crippen molar-refractivity contribution in [1.82, 2.24) is 0 Å². The molecule has 0 N–H and O–H groups in total. The second-order valence-electron chi connectivity index (χ2n) is 3.28. The van der Waals surface area contributed by atoms with E-state index in [0.29, 0.717) is 5.92 Å². The number of nitriles is 1. The summed E-state index contributed by atoms with van der Waals surface area (Å²) in [4.78, 5) is 11.2. The number of ether oxygens (including phenoxy) is 1. The standard InChI is InChI=1S/C9H13NO2/c1-7-3-2-4-8(7)9(11)12-6-5-10/h7-8H,2-4,6H2,1H3. The van der Waals surface area contributed by atoms with E-state index in [1.165, 1.54) is 0 Å². The fourth-order valence-electron chi connectivity index (χ4n) is 1.71. The number of carbonyl (C=O) groups is 1. The maximum atomic E-state index is 11.2. The molecule has 0 aromatic heterocycles. The van der Waals surface area contributed by atoms with Crippen LogP contribution in [0.1, 0.15) is 26.2 Å². The SMILES string of the molecule is CC1CCCC1C(=O)OCC#N. The van der Waals surface area contributed by atoms with Crippen molar-refractivity contribution in [3.8, 4) is 6.07 Å². The highest BCUT2D eigenvalue weighted by Gasteiger charge is 2.30. The normalized spacial score (nSPS) is 28.0. The maximum absolute atomic E-state index is 11.2. The van der Waals surface area contributed by atoms with Crippen LogP contribution in [0.3, 0.4) is 0 Å². The zero-order valence-electron chi connectivity index (χ0n) is 7.25. The highest BCUT2D eigenvalue weighted by Crippen LogP contribution is 2.31. The van der Waals surface area contributed by atoms with Gasteiger partial charge in [0.1, 0.15) is 6.07 Å². The molecular weight excluding hydrogens is 154 g/mol. The van der Waals surface area contributed by atoms with Crippen LogP contribution < -0.4 is 0 Å². The molecule has 1 rings (SSSR count). The molecule has 2 atom stereocenters. The summed E-state index contributed by atoms with van der Waals surface area (Å²) in [6.07, 6.45) is 3.13. The van der Waals surface area contributed by atoms with Gasteiger partial charge < -0.3 is 4.74 Å². The van der Waals surface area contributed by atoms with Gasteiger partial charge in [0.05, 0.1) is 5.92 Å². The minimum Gasteiger partial charge on any atom is -0.450 e. The molecule has 12 heavy (non-hydrogen) atoms. The zero-order valence-corrected chi connectivity index (χ0v) is 7.25. The van der Waals surface area contributed by atoms with Crippen LogP contribution in [-0.2, 0) is 9.53 Å². The Labute approximate surface area is 72.3 Å². The van der Waals surface area contributed by atoms with Crippen LogP contribution in [0, 0.1) is 23.2 Å². The van der Waals surface area contributed by atoms with Crippen LogP contribution in [-0.4, -0.2) is 12.6 Å². The van der Waals surface area contributed by atoms with E-state index in [0.717, 1.165) is 19.3 Å². The molecule has 66 valence electrons. The Balaban J connectivity index is 2.37. The summed E-state index contributed by atoms with van der Waals surface area (Å²) in [7, 11) is 0. The van der Waals surface area contributed by atoms with Crippen molar-refractivity contribution >= 4 is 5.97 Å². The first-order valence-electron chi connectivity index (χ1n) is 4.29. The lowest BCUT2D eigenvalue weighted by molar-refractivity contribution is -0.148. The monoisotopic (exact) mass is 167 g/mol. The molecule has 0 amide bonds. The van der Waals surface area contributed by atoms with Gasteiger partial charge in [-0.05, 0) is 18.8 Å². The van der Waals surface area contributed by atoms with Gasteiger partial charge in [0.25, 0.3) is 0 Å². The Morgan fingerprint density at radius 3 is 2.92 bits per heavy atom. The molecule has 1 saturated carbocycles. The summed E-state index contributed by atoms with van der Waals surface area (Å²) in [5.74, 6) is 0.274. The second kappa shape index (κ2) is 4.10. The van der Waals surface area contributed by atoms with Gasteiger partial charge in [0, 0.05) is 0 Å². The van der Waals surface area contributed by atoms with E-state index in [9.17, 15) is 4.79 Å². The topological polar surface area (TPSA) is 50.1 Å². The second-order valence-corrected chi connectivity index (χ2v) is 3.28. The van der Waals surface area contributed by atoms with Crippen LogP contribution in [0.4, 0.5) is 0 Å². The van der Waals surface area contributed by atoms with Crippen molar-refractivity contribution in [3.63, 3.8) is 0 Å². The number of rotatable bonds is 2. The third-order valence-electron chi connectivity index (χ3n) is 2.44. The van der Waals surface area contributed by atoms with Gasteiger partial charge in [-0.3, -0.25) is 4.79 Å². The first kappa shape index (κ1) is 9.05. The molecule has 0 bridgehead atoms.